The molecule has 2 amide bonds. The highest BCUT2D eigenvalue weighted by Gasteiger charge is 2.28. The van der Waals surface area contributed by atoms with Crippen molar-refractivity contribution < 1.29 is 4.79 Å². The van der Waals surface area contributed by atoms with Gasteiger partial charge in [-0.15, -0.1) is 0 Å². The highest BCUT2D eigenvalue weighted by atomic mass is 35.5. The van der Waals surface area contributed by atoms with Gasteiger partial charge in [0, 0.05) is 47.9 Å². The van der Waals surface area contributed by atoms with E-state index in [1.165, 1.54) is 6.42 Å². The van der Waals surface area contributed by atoms with E-state index in [4.69, 9.17) is 21.6 Å². The summed E-state index contributed by atoms with van der Waals surface area (Å²) >= 11 is 6.24. The SMILES string of the molecule is Cc1ccc(NC(=O)N2CCc3nc(-c4ccccc4)nc(N4CCCCC4)c3C2)cc1Cl. The zero-order valence-corrected chi connectivity index (χ0v) is 19.6. The number of hydrogen-bond acceptors (Lipinski definition) is 4. The molecule has 2 aliphatic rings. The van der Waals surface area contributed by atoms with E-state index in [0.717, 1.165) is 60.0 Å². The number of nitrogens with one attached hydrogen (secondary N) is 1. The fraction of sp³-hybridized carbons (Fsp3) is 0.346. The van der Waals surface area contributed by atoms with Gasteiger partial charge in [0.05, 0.1) is 12.2 Å². The maximum Gasteiger partial charge on any atom is 0.322 e. The van der Waals surface area contributed by atoms with Crippen LogP contribution < -0.4 is 10.2 Å². The number of aryl methyl sites for hydroxylation is 1. The summed E-state index contributed by atoms with van der Waals surface area (Å²) in [5.41, 5.74) is 4.83. The van der Waals surface area contributed by atoms with Crippen molar-refractivity contribution in [1.29, 1.82) is 0 Å². The lowest BCUT2D eigenvalue weighted by molar-refractivity contribution is 0.206. The number of rotatable bonds is 3. The first-order valence-electron chi connectivity index (χ1n) is 11.6. The van der Waals surface area contributed by atoms with Crippen molar-refractivity contribution in [2.75, 3.05) is 29.9 Å². The van der Waals surface area contributed by atoms with Crippen LogP contribution in [-0.4, -0.2) is 40.5 Å². The Morgan fingerprint density at radius 3 is 2.55 bits per heavy atom. The molecule has 5 rings (SSSR count). The summed E-state index contributed by atoms with van der Waals surface area (Å²) in [6, 6.07) is 15.6. The molecule has 0 aliphatic carbocycles. The van der Waals surface area contributed by atoms with Gasteiger partial charge < -0.3 is 15.1 Å². The molecule has 3 aromatic rings. The Balaban J connectivity index is 1.44. The number of anilines is 2. The minimum absolute atomic E-state index is 0.128. The molecule has 0 radical (unpaired) electrons. The maximum atomic E-state index is 13.1. The molecular formula is C26H28ClN5O. The quantitative estimate of drug-likeness (QED) is 0.544. The molecule has 33 heavy (non-hydrogen) atoms. The average molecular weight is 462 g/mol. The fourth-order valence-corrected chi connectivity index (χ4v) is 4.71. The van der Waals surface area contributed by atoms with Crippen LogP contribution in [-0.2, 0) is 13.0 Å². The van der Waals surface area contributed by atoms with E-state index in [9.17, 15) is 4.79 Å². The molecule has 0 spiro atoms. The average Bonchev–Trinajstić information content (AvgIpc) is 2.86. The smallest absolute Gasteiger partial charge is 0.322 e. The zero-order chi connectivity index (χ0) is 22.8. The molecule has 7 heteroatoms. The lowest BCUT2D eigenvalue weighted by Gasteiger charge is -2.34. The van der Waals surface area contributed by atoms with Crippen LogP contribution in [0.4, 0.5) is 16.3 Å². The molecular weight excluding hydrogens is 434 g/mol. The van der Waals surface area contributed by atoms with Crippen molar-refractivity contribution in [2.45, 2.75) is 39.2 Å². The first kappa shape index (κ1) is 21.7. The van der Waals surface area contributed by atoms with Crippen LogP contribution in [0.15, 0.2) is 48.5 Å². The Morgan fingerprint density at radius 1 is 1.00 bits per heavy atom. The Hall–Kier alpha value is -3.12. The normalized spacial score (nSPS) is 15.8. The predicted octanol–water partition coefficient (Wildman–Crippen LogP) is 5.69. The van der Waals surface area contributed by atoms with Crippen molar-refractivity contribution in [2.24, 2.45) is 0 Å². The second-order valence-corrected chi connectivity index (χ2v) is 9.18. The Kier molecular flexibility index (Phi) is 6.18. The van der Waals surface area contributed by atoms with Gasteiger partial charge in [-0.05, 0) is 43.9 Å². The van der Waals surface area contributed by atoms with Crippen LogP contribution in [0.2, 0.25) is 5.02 Å². The van der Waals surface area contributed by atoms with Gasteiger partial charge in [0.2, 0.25) is 0 Å². The lowest BCUT2D eigenvalue weighted by Crippen LogP contribution is -2.41. The second kappa shape index (κ2) is 9.40. The molecule has 1 N–H and O–H groups in total. The largest absolute Gasteiger partial charge is 0.356 e. The van der Waals surface area contributed by atoms with E-state index in [-0.39, 0.29) is 6.03 Å². The molecule has 0 atom stereocenters. The van der Waals surface area contributed by atoms with E-state index >= 15 is 0 Å². The number of piperidine rings is 1. The summed E-state index contributed by atoms with van der Waals surface area (Å²) < 4.78 is 0. The Labute approximate surface area is 199 Å². The summed E-state index contributed by atoms with van der Waals surface area (Å²) in [7, 11) is 0. The first-order valence-corrected chi connectivity index (χ1v) is 12.0. The van der Waals surface area contributed by atoms with Gasteiger partial charge in [0.1, 0.15) is 5.82 Å². The first-order chi connectivity index (χ1) is 16.1. The molecule has 3 heterocycles. The molecule has 0 bridgehead atoms. The monoisotopic (exact) mass is 461 g/mol. The minimum atomic E-state index is -0.128. The third-order valence-electron chi connectivity index (χ3n) is 6.44. The standard InChI is InChI=1S/C26H28ClN5O/c1-18-10-11-20(16-22(18)27)28-26(33)32-15-12-23-21(17-32)25(31-13-6-3-7-14-31)30-24(29-23)19-8-4-2-5-9-19/h2,4-5,8-11,16H,3,6-7,12-15,17H2,1H3,(H,28,33). The number of urea groups is 1. The van der Waals surface area contributed by atoms with Crippen molar-refractivity contribution in [3.63, 3.8) is 0 Å². The number of hydrogen-bond donors (Lipinski definition) is 1. The molecule has 1 saturated heterocycles. The third-order valence-corrected chi connectivity index (χ3v) is 6.84. The number of benzene rings is 2. The van der Waals surface area contributed by atoms with Crippen LogP contribution in [0.3, 0.4) is 0 Å². The van der Waals surface area contributed by atoms with Gasteiger partial charge in [-0.3, -0.25) is 0 Å². The van der Waals surface area contributed by atoms with Crippen molar-refractivity contribution in [3.8, 4) is 11.4 Å². The van der Waals surface area contributed by atoms with E-state index in [1.807, 2.05) is 42.2 Å². The highest BCUT2D eigenvalue weighted by molar-refractivity contribution is 6.31. The third kappa shape index (κ3) is 4.67. The Bertz CT molecular complexity index is 1160. The summed E-state index contributed by atoms with van der Waals surface area (Å²) in [6.45, 7) is 5.05. The molecule has 1 fully saturated rings. The van der Waals surface area contributed by atoms with Crippen molar-refractivity contribution in [1.82, 2.24) is 14.9 Å². The van der Waals surface area contributed by atoms with Gasteiger partial charge in [-0.25, -0.2) is 14.8 Å². The van der Waals surface area contributed by atoms with Gasteiger partial charge in [0.15, 0.2) is 5.82 Å². The molecule has 1 aromatic heterocycles. The number of fused-ring (bicyclic) bond motifs is 1. The minimum Gasteiger partial charge on any atom is -0.356 e. The molecule has 2 aliphatic heterocycles. The molecule has 0 saturated carbocycles. The van der Waals surface area contributed by atoms with Crippen LogP contribution >= 0.6 is 11.6 Å². The number of halogens is 1. The number of nitrogens with zero attached hydrogens (tertiary/aromatic N) is 4. The summed E-state index contributed by atoms with van der Waals surface area (Å²) in [5.74, 6) is 1.75. The van der Waals surface area contributed by atoms with Crippen LogP contribution in [0.25, 0.3) is 11.4 Å². The summed E-state index contributed by atoms with van der Waals surface area (Å²) in [5, 5.41) is 3.64. The fourth-order valence-electron chi connectivity index (χ4n) is 4.53. The molecule has 170 valence electrons. The zero-order valence-electron chi connectivity index (χ0n) is 18.9. The van der Waals surface area contributed by atoms with Gasteiger partial charge in [-0.1, -0.05) is 48.0 Å². The van der Waals surface area contributed by atoms with E-state index in [2.05, 4.69) is 22.3 Å². The summed E-state index contributed by atoms with van der Waals surface area (Å²) in [6.07, 6.45) is 4.29. The maximum absolute atomic E-state index is 13.1. The van der Waals surface area contributed by atoms with Gasteiger partial charge >= 0.3 is 6.03 Å². The lowest BCUT2D eigenvalue weighted by atomic mass is 10.0. The number of amides is 2. The highest BCUT2D eigenvalue weighted by Crippen LogP contribution is 2.31. The number of aromatic nitrogens is 2. The van der Waals surface area contributed by atoms with Gasteiger partial charge in [-0.2, -0.15) is 0 Å². The van der Waals surface area contributed by atoms with Crippen molar-refractivity contribution in [3.05, 3.63) is 70.4 Å². The predicted molar refractivity (Wildman–Crippen MR) is 133 cm³/mol. The van der Waals surface area contributed by atoms with E-state index in [0.29, 0.717) is 30.2 Å². The number of carbonyl (C=O) groups is 1. The van der Waals surface area contributed by atoms with Crippen LogP contribution in [0.1, 0.15) is 36.1 Å². The van der Waals surface area contributed by atoms with Crippen molar-refractivity contribution >= 4 is 29.1 Å². The van der Waals surface area contributed by atoms with E-state index in [1.54, 1.807) is 6.07 Å². The van der Waals surface area contributed by atoms with Crippen LogP contribution in [0, 0.1) is 6.92 Å². The molecule has 0 unspecified atom stereocenters. The summed E-state index contributed by atoms with van der Waals surface area (Å²) in [4.78, 5) is 27.2. The molecule has 6 nitrogen and oxygen atoms in total. The van der Waals surface area contributed by atoms with Gasteiger partial charge in [0.25, 0.3) is 0 Å². The number of carbonyl (C=O) groups excluding carboxylic acids is 1. The van der Waals surface area contributed by atoms with Crippen LogP contribution in [0.5, 0.6) is 0 Å². The Morgan fingerprint density at radius 2 is 1.79 bits per heavy atom. The van der Waals surface area contributed by atoms with E-state index < -0.39 is 0 Å². The molecule has 2 aromatic carbocycles. The second-order valence-electron chi connectivity index (χ2n) is 8.78. The topological polar surface area (TPSA) is 61.4 Å².